The number of nitrogens with zero attached hydrogens (tertiary/aromatic N) is 2. The molecule has 0 radical (unpaired) electrons. The Kier molecular flexibility index (Phi) is 6.88. The highest BCUT2D eigenvalue weighted by atomic mass is 16.2. The number of carbonyl (C=O) groups is 2. The van der Waals surface area contributed by atoms with Crippen molar-refractivity contribution in [2.24, 2.45) is 17.6 Å². The Hall–Kier alpha value is -1.10. The van der Waals surface area contributed by atoms with Crippen molar-refractivity contribution in [2.75, 3.05) is 26.2 Å². The van der Waals surface area contributed by atoms with Gasteiger partial charge in [-0.15, -0.1) is 0 Å². The quantitative estimate of drug-likeness (QED) is 0.841. The first-order valence-corrected chi connectivity index (χ1v) is 9.29. The summed E-state index contributed by atoms with van der Waals surface area (Å²) in [5.41, 5.74) is 6.03. The molecule has 2 aliphatic rings. The molecule has 0 aromatic heterocycles. The maximum absolute atomic E-state index is 12.5. The van der Waals surface area contributed by atoms with Gasteiger partial charge in [0, 0.05) is 32.6 Å². The van der Waals surface area contributed by atoms with Crippen LogP contribution in [0.5, 0.6) is 0 Å². The summed E-state index contributed by atoms with van der Waals surface area (Å²) in [6.07, 6.45) is 7.22. The van der Waals surface area contributed by atoms with E-state index in [1.807, 2.05) is 9.80 Å². The molecule has 0 bridgehead atoms. The molecule has 2 fully saturated rings. The van der Waals surface area contributed by atoms with Crippen LogP contribution in [-0.4, -0.2) is 53.8 Å². The second kappa shape index (κ2) is 8.67. The van der Waals surface area contributed by atoms with Crippen molar-refractivity contribution < 1.29 is 9.59 Å². The summed E-state index contributed by atoms with van der Waals surface area (Å²) in [4.78, 5) is 28.7. The summed E-state index contributed by atoms with van der Waals surface area (Å²) < 4.78 is 0. The van der Waals surface area contributed by atoms with Gasteiger partial charge in [-0.2, -0.15) is 0 Å². The van der Waals surface area contributed by atoms with Crippen molar-refractivity contribution in [1.29, 1.82) is 0 Å². The van der Waals surface area contributed by atoms with E-state index in [0.29, 0.717) is 31.3 Å². The topological polar surface area (TPSA) is 66.6 Å². The van der Waals surface area contributed by atoms with Gasteiger partial charge in [0.25, 0.3) is 0 Å². The minimum absolute atomic E-state index is 0.0452. The third-order valence-electron chi connectivity index (χ3n) is 5.14. The lowest BCUT2D eigenvalue weighted by Crippen LogP contribution is -2.46. The van der Waals surface area contributed by atoms with Gasteiger partial charge in [-0.05, 0) is 37.5 Å². The molecule has 2 amide bonds. The Morgan fingerprint density at radius 2 is 1.61 bits per heavy atom. The molecular weight excluding hydrogens is 290 g/mol. The first-order chi connectivity index (χ1) is 11.0. The number of hydrogen-bond donors (Lipinski definition) is 1. The summed E-state index contributed by atoms with van der Waals surface area (Å²) in [6.45, 7) is 6.94. The molecule has 132 valence electrons. The number of nitrogens with two attached hydrogens (primary N) is 1. The lowest BCUT2D eigenvalue weighted by molar-refractivity contribution is -0.135. The Labute approximate surface area is 140 Å². The summed E-state index contributed by atoms with van der Waals surface area (Å²) in [6, 6.07) is -0.407. The first kappa shape index (κ1) is 18.2. The van der Waals surface area contributed by atoms with Crippen LogP contribution in [0.2, 0.25) is 0 Å². The van der Waals surface area contributed by atoms with E-state index in [1.54, 1.807) is 0 Å². The van der Waals surface area contributed by atoms with Gasteiger partial charge in [0.05, 0.1) is 6.04 Å². The fourth-order valence-electron chi connectivity index (χ4n) is 3.82. The van der Waals surface area contributed by atoms with Crippen LogP contribution in [0.4, 0.5) is 0 Å². The van der Waals surface area contributed by atoms with Crippen LogP contribution in [-0.2, 0) is 9.59 Å². The molecule has 2 N–H and O–H groups in total. The smallest absolute Gasteiger partial charge is 0.239 e. The minimum Gasteiger partial charge on any atom is -0.341 e. The van der Waals surface area contributed by atoms with Crippen LogP contribution in [0.25, 0.3) is 0 Å². The number of hydrogen-bond acceptors (Lipinski definition) is 3. The Bertz CT molecular complexity index is 405. The number of amides is 2. The van der Waals surface area contributed by atoms with Gasteiger partial charge >= 0.3 is 0 Å². The van der Waals surface area contributed by atoms with Gasteiger partial charge in [0.2, 0.25) is 11.8 Å². The molecule has 1 aliphatic heterocycles. The zero-order valence-electron chi connectivity index (χ0n) is 14.8. The normalized spacial score (nSPS) is 21.6. The highest BCUT2D eigenvalue weighted by Gasteiger charge is 2.27. The molecule has 2 rings (SSSR count). The van der Waals surface area contributed by atoms with Gasteiger partial charge in [0.1, 0.15) is 0 Å². The summed E-state index contributed by atoms with van der Waals surface area (Å²) in [5.74, 6) is 1.33. The van der Waals surface area contributed by atoms with Crippen LogP contribution in [0, 0.1) is 11.8 Å². The standard InChI is InChI=1S/C18H33N3O2/c1-14(2)12-16(19)18(23)21-9-5-8-20(10-11-21)17(22)13-15-6-3-4-7-15/h14-16H,3-13,19H2,1-2H3/t16-/m0/s1. The molecule has 1 saturated heterocycles. The summed E-state index contributed by atoms with van der Waals surface area (Å²) >= 11 is 0. The Balaban J connectivity index is 1.81. The SMILES string of the molecule is CC(C)C[C@H](N)C(=O)N1CCCN(C(=O)CC2CCCC2)CC1. The zero-order chi connectivity index (χ0) is 16.8. The molecule has 1 heterocycles. The predicted molar refractivity (Wildman–Crippen MR) is 91.8 cm³/mol. The van der Waals surface area contributed by atoms with E-state index in [0.717, 1.165) is 25.9 Å². The second-order valence-electron chi connectivity index (χ2n) is 7.65. The maximum Gasteiger partial charge on any atom is 0.239 e. The Morgan fingerprint density at radius 1 is 1.00 bits per heavy atom. The third-order valence-corrected chi connectivity index (χ3v) is 5.14. The third kappa shape index (κ3) is 5.48. The van der Waals surface area contributed by atoms with Crippen LogP contribution in [0.1, 0.15) is 58.8 Å². The van der Waals surface area contributed by atoms with Crippen molar-refractivity contribution in [1.82, 2.24) is 9.80 Å². The van der Waals surface area contributed by atoms with Gasteiger partial charge in [-0.1, -0.05) is 26.7 Å². The zero-order valence-corrected chi connectivity index (χ0v) is 14.8. The second-order valence-corrected chi connectivity index (χ2v) is 7.65. The van der Waals surface area contributed by atoms with Gasteiger partial charge in [0.15, 0.2) is 0 Å². The van der Waals surface area contributed by atoms with E-state index in [9.17, 15) is 9.59 Å². The van der Waals surface area contributed by atoms with Crippen molar-refractivity contribution >= 4 is 11.8 Å². The van der Waals surface area contributed by atoms with Crippen LogP contribution < -0.4 is 5.73 Å². The van der Waals surface area contributed by atoms with Gasteiger partial charge in [-0.3, -0.25) is 9.59 Å². The molecule has 0 spiro atoms. The molecule has 5 nitrogen and oxygen atoms in total. The number of rotatable bonds is 5. The fraction of sp³-hybridized carbons (Fsp3) is 0.889. The molecule has 1 atom stereocenters. The van der Waals surface area contributed by atoms with Crippen molar-refractivity contribution in [3.8, 4) is 0 Å². The van der Waals surface area contributed by atoms with E-state index >= 15 is 0 Å². The highest BCUT2D eigenvalue weighted by molar-refractivity contribution is 5.82. The predicted octanol–water partition coefficient (Wildman–Crippen LogP) is 2.00. The monoisotopic (exact) mass is 323 g/mol. The molecule has 5 heteroatoms. The molecule has 0 aromatic carbocycles. The van der Waals surface area contributed by atoms with E-state index in [1.165, 1.54) is 25.7 Å². The molecule has 1 saturated carbocycles. The molecule has 23 heavy (non-hydrogen) atoms. The van der Waals surface area contributed by atoms with E-state index in [2.05, 4.69) is 13.8 Å². The molecule has 0 aromatic rings. The largest absolute Gasteiger partial charge is 0.341 e. The van der Waals surface area contributed by atoms with Crippen LogP contribution >= 0.6 is 0 Å². The molecule has 1 aliphatic carbocycles. The van der Waals surface area contributed by atoms with Crippen LogP contribution in [0.3, 0.4) is 0 Å². The Morgan fingerprint density at radius 3 is 2.26 bits per heavy atom. The lowest BCUT2D eigenvalue weighted by Gasteiger charge is -2.25. The van der Waals surface area contributed by atoms with Gasteiger partial charge in [-0.25, -0.2) is 0 Å². The minimum atomic E-state index is -0.407. The summed E-state index contributed by atoms with van der Waals surface area (Å²) in [7, 11) is 0. The lowest BCUT2D eigenvalue weighted by atomic mass is 10.0. The van der Waals surface area contributed by atoms with E-state index < -0.39 is 6.04 Å². The highest BCUT2D eigenvalue weighted by Crippen LogP contribution is 2.28. The van der Waals surface area contributed by atoms with Crippen LogP contribution in [0.15, 0.2) is 0 Å². The van der Waals surface area contributed by atoms with Crippen molar-refractivity contribution in [3.63, 3.8) is 0 Å². The molecular formula is C18H33N3O2. The first-order valence-electron chi connectivity index (χ1n) is 9.29. The summed E-state index contributed by atoms with van der Waals surface area (Å²) in [5, 5.41) is 0. The molecule has 0 unspecified atom stereocenters. The van der Waals surface area contributed by atoms with Gasteiger partial charge < -0.3 is 15.5 Å². The van der Waals surface area contributed by atoms with E-state index in [4.69, 9.17) is 5.73 Å². The fourth-order valence-corrected chi connectivity index (χ4v) is 3.82. The number of carbonyl (C=O) groups excluding carboxylic acids is 2. The van der Waals surface area contributed by atoms with Crippen molar-refractivity contribution in [2.45, 2.75) is 64.8 Å². The average molecular weight is 323 g/mol. The van der Waals surface area contributed by atoms with Crippen molar-refractivity contribution in [3.05, 3.63) is 0 Å². The maximum atomic E-state index is 12.5. The van der Waals surface area contributed by atoms with E-state index in [-0.39, 0.29) is 11.8 Å². The average Bonchev–Trinajstić information content (AvgIpc) is 2.87.